The number of fused-ring (bicyclic) bond motifs is 2. The number of benzene rings is 2. The maximum Gasteiger partial charge on any atom is 0.242 e. The number of carbonyl (C=O) groups is 3. The lowest BCUT2D eigenvalue weighted by molar-refractivity contribution is -0.137. The smallest absolute Gasteiger partial charge is 0.242 e. The SMILES string of the molecule is CCN1C(=O)C(C)(C)C(=O)N(C)c2cc(OCCCN(CCN3C(=O)CCc4ccc(OC)cc43)Cc3ccncc3)ccc21.Cl.Cl. The van der Waals surface area contributed by atoms with Crippen LogP contribution in [0.4, 0.5) is 17.1 Å². The van der Waals surface area contributed by atoms with Crippen molar-refractivity contribution in [2.75, 3.05) is 61.6 Å². The predicted octanol–water partition coefficient (Wildman–Crippen LogP) is 5.54. The third-order valence-electron chi connectivity index (χ3n) is 8.71. The average molecular weight is 687 g/mol. The Morgan fingerprint density at radius 3 is 2.26 bits per heavy atom. The number of methoxy groups -OCH3 is 1. The lowest BCUT2D eigenvalue weighted by atomic mass is 9.90. The van der Waals surface area contributed by atoms with E-state index in [2.05, 4.69) is 9.88 Å². The fraction of sp³-hybridized carbons (Fsp3) is 0.429. The summed E-state index contributed by atoms with van der Waals surface area (Å²) in [5.74, 6) is 1.05. The van der Waals surface area contributed by atoms with Crippen LogP contribution in [0.25, 0.3) is 0 Å². The van der Waals surface area contributed by atoms with Crippen LogP contribution in [0.3, 0.4) is 0 Å². The van der Waals surface area contributed by atoms with Crippen LogP contribution < -0.4 is 24.2 Å². The van der Waals surface area contributed by atoms with Crippen LogP contribution in [0.15, 0.2) is 60.9 Å². The Hall–Kier alpha value is -3.86. The number of anilines is 3. The van der Waals surface area contributed by atoms with E-state index in [1.165, 1.54) is 0 Å². The van der Waals surface area contributed by atoms with E-state index in [4.69, 9.17) is 9.47 Å². The standard InChI is InChI=1S/C35H43N5O5.2ClH/c1-6-39-29-12-11-28(23-31(29)37(4)33(42)35(2,3)34(39)43)45-21-7-18-38(24-25-14-16-36-17-15-25)19-20-40-30-22-27(44-5)10-8-26(30)9-13-32(40)41;;/h8,10-12,14-17,22-23H,6-7,9,13,18-21,24H2,1-5H3;2*1H. The Balaban J connectivity index is 0.00000300. The predicted molar refractivity (Wildman–Crippen MR) is 189 cm³/mol. The van der Waals surface area contributed by atoms with Crippen LogP contribution >= 0.6 is 24.8 Å². The molecule has 0 atom stereocenters. The van der Waals surface area contributed by atoms with Crippen LogP contribution in [0.1, 0.15) is 44.7 Å². The Labute approximate surface area is 289 Å². The number of pyridine rings is 1. The van der Waals surface area contributed by atoms with Crippen molar-refractivity contribution in [2.45, 2.75) is 46.6 Å². The van der Waals surface area contributed by atoms with E-state index in [-0.39, 0.29) is 42.5 Å². The molecule has 0 bridgehead atoms. The molecule has 3 amide bonds. The Morgan fingerprint density at radius 2 is 1.55 bits per heavy atom. The molecule has 0 fully saturated rings. The second kappa shape index (κ2) is 16.3. The molecule has 12 heteroatoms. The van der Waals surface area contributed by atoms with E-state index in [1.54, 1.807) is 50.2 Å². The maximum atomic E-state index is 13.2. The summed E-state index contributed by atoms with van der Waals surface area (Å²) in [7, 11) is 3.34. The van der Waals surface area contributed by atoms with Gasteiger partial charge < -0.3 is 24.2 Å². The fourth-order valence-electron chi connectivity index (χ4n) is 6.10. The molecule has 0 radical (unpaired) electrons. The average Bonchev–Trinajstić information content (AvgIpc) is 3.10. The minimum absolute atomic E-state index is 0. The van der Waals surface area contributed by atoms with Gasteiger partial charge in [0.15, 0.2) is 0 Å². The molecule has 254 valence electrons. The molecule has 10 nitrogen and oxygen atoms in total. The van der Waals surface area contributed by atoms with Gasteiger partial charge in [-0.2, -0.15) is 0 Å². The van der Waals surface area contributed by atoms with Crippen molar-refractivity contribution < 1.29 is 23.9 Å². The summed E-state index contributed by atoms with van der Waals surface area (Å²) in [5.41, 5.74) is 3.43. The van der Waals surface area contributed by atoms with Crippen LogP contribution in [0, 0.1) is 5.41 Å². The van der Waals surface area contributed by atoms with E-state index in [1.807, 2.05) is 60.4 Å². The van der Waals surface area contributed by atoms with E-state index in [0.717, 1.165) is 48.5 Å². The summed E-state index contributed by atoms with van der Waals surface area (Å²) in [6.45, 7) is 8.92. The quantitative estimate of drug-likeness (QED) is 0.183. The van der Waals surface area contributed by atoms with Crippen molar-refractivity contribution in [1.29, 1.82) is 0 Å². The zero-order chi connectivity index (χ0) is 32.1. The number of halogens is 2. The minimum atomic E-state index is -1.16. The van der Waals surface area contributed by atoms with Gasteiger partial charge in [0.2, 0.25) is 17.7 Å². The monoisotopic (exact) mass is 685 g/mol. The summed E-state index contributed by atoms with van der Waals surface area (Å²) in [5, 5.41) is 0. The highest BCUT2D eigenvalue weighted by Gasteiger charge is 2.45. The molecule has 2 aliphatic rings. The van der Waals surface area contributed by atoms with E-state index in [0.29, 0.717) is 49.8 Å². The van der Waals surface area contributed by atoms with E-state index < -0.39 is 5.41 Å². The summed E-state index contributed by atoms with van der Waals surface area (Å²) in [6.07, 6.45) is 5.58. The molecule has 5 rings (SSSR count). The highest BCUT2D eigenvalue weighted by Crippen LogP contribution is 2.40. The highest BCUT2D eigenvalue weighted by atomic mass is 35.5. The van der Waals surface area contributed by atoms with Gasteiger partial charge in [-0.1, -0.05) is 6.07 Å². The van der Waals surface area contributed by atoms with Crippen LogP contribution in [-0.2, 0) is 27.3 Å². The first-order valence-electron chi connectivity index (χ1n) is 15.6. The van der Waals surface area contributed by atoms with Crippen molar-refractivity contribution in [3.63, 3.8) is 0 Å². The van der Waals surface area contributed by atoms with Crippen molar-refractivity contribution in [2.24, 2.45) is 5.41 Å². The van der Waals surface area contributed by atoms with Crippen molar-refractivity contribution in [1.82, 2.24) is 9.88 Å². The number of aromatic nitrogens is 1. The lowest BCUT2D eigenvalue weighted by Gasteiger charge is -2.32. The van der Waals surface area contributed by atoms with Gasteiger partial charge in [-0.05, 0) is 75.1 Å². The number of rotatable bonds is 12. The first kappa shape index (κ1) is 37.6. The third kappa shape index (κ3) is 8.17. The summed E-state index contributed by atoms with van der Waals surface area (Å²) in [6, 6.07) is 15.5. The van der Waals surface area contributed by atoms with Crippen molar-refractivity contribution >= 4 is 59.6 Å². The molecule has 0 saturated carbocycles. The normalized spacial score (nSPS) is 15.4. The van der Waals surface area contributed by atoms with Gasteiger partial charge in [0.1, 0.15) is 16.9 Å². The Morgan fingerprint density at radius 1 is 0.851 bits per heavy atom. The minimum Gasteiger partial charge on any atom is -0.497 e. The first-order chi connectivity index (χ1) is 21.6. The summed E-state index contributed by atoms with van der Waals surface area (Å²) < 4.78 is 11.6. The van der Waals surface area contributed by atoms with Gasteiger partial charge in [-0.25, -0.2) is 0 Å². The molecule has 2 aliphatic heterocycles. The molecule has 0 unspecified atom stereocenters. The molecule has 0 saturated heterocycles. The van der Waals surface area contributed by atoms with E-state index in [9.17, 15) is 14.4 Å². The molecule has 3 aromatic rings. The summed E-state index contributed by atoms with van der Waals surface area (Å²) >= 11 is 0. The van der Waals surface area contributed by atoms with Crippen LogP contribution in [-0.4, -0.2) is 74.5 Å². The molecular weight excluding hydrogens is 641 g/mol. The maximum absolute atomic E-state index is 13.2. The molecule has 3 heterocycles. The van der Waals surface area contributed by atoms with Crippen LogP contribution in [0.2, 0.25) is 0 Å². The van der Waals surface area contributed by atoms with Gasteiger partial charge in [-0.3, -0.25) is 24.3 Å². The number of aryl methyl sites for hydroxylation is 1. The number of hydrogen-bond acceptors (Lipinski definition) is 7. The van der Waals surface area contributed by atoms with Gasteiger partial charge in [0.05, 0.1) is 30.8 Å². The van der Waals surface area contributed by atoms with Crippen LogP contribution in [0.5, 0.6) is 11.5 Å². The second-order valence-corrected chi connectivity index (χ2v) is 12.1. The van der Waals surface area contributed by atoms with E-state index >= 15 is 0 Å². The molecule has 0 N–H and O–H groups in total. The number of nitrogens with zero attached hydrogens (tertiary/aromatic N) is 5. The zero-order valence-corrected chi connectivity index (χ0v) is 29.4. The molecule has 0 spiro atoms. The van der Waals surface area contributed by atoms with Gasteiger partial charge in [-0.15, -0.1) is 24.8 Å². The number of ether oxygens (including phenoxy) is 2. The van der Waals surface area contributed by atoms with Crippen molar-refractivity contribution in [3.05, 3.63) is 72.1 Å². The molecular formula is C35H45Cl2N5O5. The molecule has 47 heavy (non-hydrogen) atoms. The topological polar surface area (TPSA) is 95.5 Å². The number of amides is 3. The lowest BCUT2D eigenvalue weighted by Crippen LogP contribution is -2.47. The number of hydrogen-bond donors (Lipinski definition) is 0. The second-order valence-electron chi connectivity index (χ2n) is 12.1. The van der Waals surface area contributed by atoms with Crippen molar-refractivity contribution in [3.8, 4) is 11.5 Å². The van der Waals surface area contributed by atoms with Gasteiger partial charge >= 0.3 is 0 Å². The Kier molecular flexibility index (Phi) is 13.0. The van der Waals surface area contributed by atoms with Gasteiger partial charge in [0, 0.05) is 70.7 Å². The summed E-state index contributed by atoms with van der Waals surface area (Å²) in [4.78, 5) is 51.0. The molecule has 0 aliphatic carbocycles. The van der Waals surface area contributed by atoms with Gasteiger partial charge in [0.25, 0.3) is 0 Å². The molecule has 1 aromatic heterocycles. The first-order valence-corrected chi connectivity index (χ1v) is 15.6. The fourth-order valence-corrected chi connectivity index (χ4v) is 6.10. The highest BCUT2D eigenvalue weighted by molar-refractivity contribution is 6.20. The number of carbonyl (C=O) groups excluding carboxylic acids is 3. The molecule has 2 aromatic carbocycles. The zero-order valence-electron chi connectivity index (χ0n) is 27.7. The largest absolute Gasteiger partial charge is 0.497 e. The Bertz CT molecular complexity index is 1550. The third-order valence-corrected chi connectivity index (χ3v) is 8.71.